The summed E-state index contributed by atoms with van der Waals surface area (Å²) in [7, 11) is 0. The maximum atomic E-state index is 13.4. The van der Waals surface area contributed by atoms with Crippen molar-refractivity contribution in [3.05, 3.63) is 56.4 Å². The van der Waals surface area contributed by atoms with Gasteiger partial charge in [-0.1, -0.05) is 30.8 Å². The number of aryl methyl sites for hydroxylation is 2. The average molecular weight is 414 g/mol. The molecule has 0 bridgehead atoms. The molecule has 144 valence electrons. The molecule has 0 amide bonds. The zero-order chi connectivity index (χ0) is 19.7. The second-order valence-electron chi connectivity index (χ2n) is 7.21. The van der Waals surface area contributed by atoms with E-state index in [1.165, 1.54) is 34.3 Å². The highest BCUT2D eigenvalue weighted by Crippen LogP contribution is 2.36. The molecule has 0 saturated carbocycles. The monoisotopic (exact) mass is 413 g/mol. The second-order valence-corrected chi connectivity index (χ2v) is 9.23. The van der Waals surface area contributed by atoms with Crippen LogP contribution < -0.4 is 5.56 Å². The van der Waals surface area contributed by atoms with E-state index in [-0.39, 0.29) is 17.1 Å². The van der Waals surface area contributed by atoms with Gasteiger partial charge in [-0.2, -0.15) is 5.26 Å². The van der Waals surface area contributed by atoms with E-state index >= 15 is 0 Å². The topological polar surface area (TPSA) is 58.7 Å². The van der Waals surface area contributed by atoms with Gasteiger partial charge in [-0.25, -0.2) is 9.37 Å². The van der Waals surface area contributed by atoms with Crippen molar-refractivity contribution in [1.82, 2.24) is 9.55 Å². The molecular weight excluding hydrogens is 393 g/mol. The van der Waals surface area contributed by atoms with Crippen LogP contribution in [0, 0.1) is 23.1 Å². The summed E-state index contributed by atoms with van der Waals surface area (Å²) in [6.07, 6.45) is 3.64. The summed E-state index contributed by atoms with van der Waals surface area (Å²) >= 11 is 2.93. The lowest BCUT2D eigenvalue weighted by Gasteiger charge is -2.17. The van der Waals surface area contributed by atoms with Crippen molar-refractivity contribution < 1.29 is 4.39 Å². The quantitative estimate of drug-likeness (QED) is 0.454. The smallest absolute Gasteiger partial charge is 0.263 e. The Kier molecular flexibility index (Phi) is 5.51. The first-order valence-corrected chi connectivity index (χ1v) is 11.2. The lowest BCUT2D eigenvalue weighted by Crippen LogP contribution is -2.25. The predicted octanol–water partition coefficient (Wildman–Crippen LogP) is 4.58. The minimum atomic E-state index is -0.270. The van der Waals surface area contributed by atoms with Gasteiger partial charge < -0.3 is 0 Å². The number of hydrogen-bond acceptors (Lipinski definition) is 5. The summed E-state index contributed by atoms with van der Waals surface area (Å²) in [4.78, 5) is 20.2. The van der Waals surface area contributed by atoms with E-state index in [2.05, 4.69) is 13.0 Å². The number of aromatic nitrogens is 2. The Morgan fingerprint density at radius 3 is 2.93 bits per heavy atom. The van der Waals surface area contributed by atoms with E-state index in [0.29, 0.717) is 24.0 Å². The van der Waals surface area contributed by atoms with Crippen LogP contribution in [0.25, 0.3) is 10.2 Å². The molecule has 3 aromatic rings. The number of halogens is 1. The highest BCUT2D eigenvalue weighted by atomic mass is 32.2. The van der Waals surface area contributed by atoms with Crippen LogP contribution in [-0.4, -0.2) is 15.3 Å². The summed E-state index contributed by atoms with van der Waals surface area (Å²) in [5.74, 6) is 0.610. The largest absolute Gasteiger partial charge is 0.287 e. The first-order valence-electron chi connectivity index (χ1n) is 9.36. The van der Waals surface area contributed by atoms with Gasteiger partial charge in [0.2, 0.25) is 0 Å². The van der Waals surface area contributed by atoms with Crippen LogP contribution in [0.15, 0.2) is 34.2 Å². The third-order valence-electron chi connectivity index (χ3n) is 5.18. The van der Waals surface area contributed by atoms with Gasteiger partial charge in [0.1, 0.15) is 10.6 Å². The molecular formula is C21H20FN3OS2. The Morgan fingerprint density at radius 2 is 2.18 bits per heavy atom. The van der Waals surface area contributed by atoms with E-state index in [4.69, 9.17) is 10.2 Å². The zero-order valence-electron chi connectivity index (χ0n) is 15.6. The fourth-order valence-electron chi connectivity index (χ4n) is 3.70. The van der Waals surface area contributed by atoms with Crippen LogP contribution in [0.4, 0.5) is 4.39 Å². The third kappa shape index (κ3) is 3.71. The van der Waals surface area contributed by atoms with E-state index in [1.807, 2.05) is 0 Å². The Balaban J connectivity index is 1.76. The van der Waals surface area contributed by atoms with Crippen LogP contribution >= 0.6 is 23.1 Å². The van der Waals surface area contributed by atoms with Crippen molar-refractivity contribution in [1.29, 1.82) is 5.26 Å². The summed E-state index contributed by atoms with van der Waals surface area (Å²) in [5, 5.41) is 10.3. The predicted molar refractivity (Wildman–Crippen MR) is 112 cm³/mol. The van der Waals surface area contributed by atoms with Crippen molar-refractivity contribution in [2.75, 3.05) is 5.75 Å². The van der Waals surface area contributed by atoms with E-state index < -0.39 is 0 Å². The number of rotatable bonds is 5. The maximum absolute atomic E-state index is 13.4. The van der Waals surface area contributed by atoms with Gasteiger partial charge in [-0.05, 0) is 54.9 Å². The molecule has 4 nitrogen and oxygen atoms in total. The zero-order valence-corrected chi connectivity index (χ0v) is 17.2. The number of thiophene rings is 1. The third-order valence-corrected chi connectivity index (χ3v) is 7.17. The molecule has 2 heterocycles. The van der Waals surface area contributed by atoms with Gasteiger partial charge >= 0.3 is 0 Å². The van der Waals surface area contributed by atoms with Gasteiger partial charge in [0.25, 0.3) is 5.56 Å². The Morgan fingerprint density at radius 1 is 1.39 bits per heavy atom. The minimum Gasteiger partial charge on any atom is -0.287 e. The normalized spacial score (nSPS) is 16.1. The molecule has 0 saturated heterocycles. The number of thioether (sulfide) groups is 1. The fraction of sp³-hybridized carbons (Fsp3) is 0.381. The van der Waals surface area contributed by atoms with Crippen molar-refractivity contribution >= 4 is 33.3 Å². The first-order chi connectivity index (χ1) is 13.6. The van der Waals surface area contributed by atoms with E-state index in [1.54, 1.807) is 28.0 Å². The Labute approximate surface area is 171 Å². The minimum absolute atomic E-state index is 0.0143. The van der Waals surface area contributed by atoms with Crippen LogP contribution in [0.5, 0.6) is 0 Å². The summed E-state index contributed by atoms with van der Waals surface area (Å²) < 4.78 is 14.8. The Hall–Kier alpha value is -2.17. The number of fused-ring (bicyclic) bond motifs is 3. The van der Waals surface area contributed by atoms with Gasteiger partial charge in [0.05, 0.1) is 17.2 Å². The number of benzene rings is 1. The lowest BCUT2D eigenvalue weighted by atomic mass is 9.89. The SMILES string of the molecule is C[C@H]1CCc2c(sc3nc(SCC#N)n(CCc4ccc(F)cc4)c(=O)c23)C1. The number of nitrogens with zero attached hydrogens (tertiary/aromatic N) is 3. The molecule has 7 heteroatoms. The first kappa shape index (κ1) is 19.2. The van der Waals surface area contributed by atoms with Gasteiger partial charge in [-0.3, -0.25) is 9.36 Å². The van der Waals surface area contributed by atoms with Crippen LogP contribution in [-0.2, 0) is 25.8 Å². The summed E-state index contributed by atoms with van der Waals surface area (Å²) in [6, 6.07) is 8.46. The number of hydrogen-bond donors (Lipinski definition) is 0. The maximum Gasteiger partial charge on any atom is 0.263 e. The van der Waals surface area contributed by atoms with Crippen LogP contribution in [0.2, 0.25) is 0 Å². The van der Waals surface area contributed by atoms with Crippen LogP contribution in [0.3, 0.4) is 0 Å². The molecule has 1 aliphatic carbocycles. The Bertz CT molecular complexity index is 1110. The molecule has 0 N–H and O–H groups in total. The molecule has 0 radical (unpaired) electrons. The van der Waals surface area contributed by atoms with Gasteiger partial charge in [0.15, 0.2) is 5.16 Å². The van der Waals surface area contributed by atoms with Gasteiger partial charge in [-0.15, -0.1) is 11.3 Å². The van der Waals surface area contributed by atoms with Crippen LogP contribution in [0.1, 0.15) is 29.3 Å². The molecule has 1 atom stereocenters. The van der Waals surface area contributed by atoms with Gasteiger partial charge in [0, 0.05) is 11.4 Å². The molecule has 0 fully saturated rings. The molecule has 0 spiro atoms. The van der Waals surface area contributed by atoms with Crippen molar-refractivity contribution in [2.24, 2.45) is 5.92 Å². The van der Waals surface area contributed by atoms with E-state index in [9.17, 15) is 9.18 Å². The lowest BCUT2D eigenvalue weighted by molar-refractivity contribution is 0.508. The molecule has 28 heavy (non-hydrogen) atoms. The summed E-state index contributed by atoms with van der Waals surface area (Å²) in [5.41, 5.74) is 2.12. The standard InChI is InChI=1S/C21H20FN3OS2/c1-13-2-7-16-17(12-13)28-19-18(16)20(26)25(21(24-19)27-11-9-23)10-8-14-3-5-15(22)6-4-14/h3-6,13H,2,7-8,10-12H2,1H3/t13-/m0/s1. The molecule has 1 aromatic carbocycles. The van der Waals surface area contributed by atoms with Crippen molar-refractivity contribution in [3.63, 3.8) is 0 Å². The molecule has 0 unspecified atom stereocenters. The molecule has 0 aliphatic heterocycles. The second kappa shape index (κ2) is 8.06. The van der Waals surface area contributed by atoms with Crippen molar-refractivity contribution in [3.8, 4) is 6.07 Å². The molecule has 1 aliphatic rings. The fourth-order valence-corrected chi connectivity index (χ4v) is 5.81. The molecule has 2 aromatic heterocycles. The van der Waals surface area contributed by atoms with E-state index in [0.717, 1.165) is 35.0 Å². The highest BCUT2D eigenvalue weighted by Gasteiger charge is 2.24. The summed E-state index contributed by atoms with van der Waals surface area (Å²) in [6.45, 7) is 2.71. The highest BCUT2D eigenvalue weighted by molar-refractivity contribution is 7.99. The van der Waals surface area contributed by atoms with Crippen molar-refractivity contribution in [2.45, 2.75) is 44.3 Å². The number of nitriles is 1. The average Bonchev–Trinajstić information content (AvgIpc) is 3.04. The molecule has 4 rings (SSSR count).